The first-order chi connectivity index (χ1) is 8.18. The van der Waals surface area contributed by atoms with Crippen molar-refractivity contribution in [3.05, 3.63) is 0 Å². The van der Waals surface area contributed by atoms with E-state index in [-0.39, 0.29) is 32.7 Å². The van der Waals surface area contributed by atoms with Crippen LogP contribution in [0.15, 0.2) is 0 Å². The summed E-state index contributed by atoms with van der Waals surface area (Å²) in [5.74, 6) is -0.624. The number of carbonyl (C=O) groups is 2. The van der Waals surface area contributed by atoms with Gasteiger partial charge in [0, 0.05) is 13.2 Å². The molecule has 0 rings (SSSR count). The lowest BCUT2D eigenvalue weighted by atomic mass is 10.4. The van der Waals surface area contributed by atoms with E-state index >= 15 is 0 Å². The van der Waals surface area contributed by atoms with E-state index in [1.54, 1.807) is 0 Å². The first-order valence-electron chi connectivity index (χ1n) is 5.30. The van der Waals surface area contributed by atoms with Crippen molar-refractivity contribution in [2.75, 3.05) is 40.0 Å². The van der Waals surface area contributed by atoms with Crippen LogP contribution in [-0.2, 0) is 14.2 Å². The molecule has 0 heterocycles. The van der Waals surface area contributed by atoms with Crippen molar-refractivity contribution < 1.29 is 29.4 Å². The first kappa shape index (κ1) is 17.2. The number of hydrogen-bond donors (Lipinski definition) is 3. The first-order valence-corrected chi connectivity index (χ1v) is 7.41. The van der Waals surface area contributed by atoms with E-state index in [1.807, 2.05) is 0 Å². The quantitative estimate of drug-likeness (QED) is 0.295. The van der Waals surface area contributed by atoms with Gasteiger partial charge in [-0.3, -0.25) is 24.3 Å². The molecule has 0 aromatic carbocycles. The molecule has 0 aromatic rings. The maximum absolute atomic E-state index is 11.2. The molecule has 1 unspecified atom stereocenters. The van der Waals surface area contributed by atoms with Gasteiger partial charge in [-0.15, -0.1) is 0 Å². The highest BCUT2D eigenvalue weighted by Gasteiger charge is 2.23. The second kappa shape index (κ2) is 7.60. The Bertz CT molecular complexity index is 342. The van der Waals surface area contributed by atoms with E-state index in [4.69, 9.17) is 10.00 Å². The summed E-state index contributed by atoms with van der Waals surface area (Å²) in [6.45, 7) is 0.494. The average Bonchev–Trinajstić information content (AvgIpc) is 2.24. The van der Waals surface area contributed by atoms with E-state index in [9.17, 15) is 19.4 Å². The number of rotatable bonds is 8. The van der Waals surface area contributed by atoms with Gasteiger partial charge in [-0.05, 0) is 7.05 Å². The fourth-order valence-corrected chi connectivity index (χ4v) is 1.56. The summed E-state index contributed by atoms with van der Waals surface area (Å²) in [5.41, 5.74) is -0.781. The Hall–Kier alpha value is -0.790. The van der Waals surface area contributed by atoms with Crippen molar-refractivity contribution in [2.24, 2.45) is 0 Å². The van der Waals surface area contributed by atoms with Crippen molar-refractivity contribution in [3.63, 3.8) is 0 Å². The minimum absolute atomic E-state index is 0.0535. The molecule has 18 heavy (non-hydrogen) atoms. The average molecular weight is 282 g/mol. The molecule has 0 saturated heterocycles. The molecular weight excluding hydrogens is 263 g/mol. The fraction of sp³-hybridized carbons (Fsp3) is 0.778. The zero-order valence-corrected chi connectivity index (χ0v) is 11.3. The van der Waals surface area contributed by atoms with E-state index in [0.717, 1.165) is 6.66 Å². The molecule has 0 fully saturated rings. The molecule has 9 heteroatoms. The normalized spacial score (nSPS) is 14.3. The van der Waals surface area contributed by atoms with Crippen LogP contribution in [-0.4, -0.2) is 76.6 Å². The number of carbonyl (C=O) groups excluding carboxylic acids is 2. The maximum Gasteiger partial charge on any atom is 0.262 e. The maximum atomic E-state index is 11.2. The van der Waals surface area contributed by atoms with Crippen LogP contribution < -0.4 is 0 Å². The molecule has 0 saturated carbocycles. The van der Waals surface area contributed by atoms with Gasteiger partial charge in [-0.1, -0.05) is 0 Å². The highest BCUT2D eigenvalue weighted by Crippen LogP contribution is 2.36. The zero-order valence-electron chi connectivity index (χ0n) is 10.4. The van der Waals surface area contributed by atoms with E-state index < -0.39 is 18.8 Å². The minimum Gasteiger partial charge on any atom is -0.396 e. The lowest BCUT2D eigenvalue weighted by Crippen LogP contribution is -2.37. The summed E-state index contributed by atoms with van der Waals surface area (Å²) in [6, 6.07) is 0. The summed E-state index contributed by atoms with van der Waals surface area (Å²) in [7, 11) is -2.22. The van der Waals surface area contributed by atoms with Gasteiger partial charge in [0.2, 0.25) is 11.4 Å². The monoisotopic (exact) mass is 282 g/mol. The summed E-state index contributed by atoms with van der Waals surface area (Å²) in [6.07, 6.45) is -0.181. The van der Waals surface area contributed by atoms with Gasteiger partial charge in [0.25, 0.3) is 7.37 Å². The van der Waals surface area contributed by atoms with Crippen LogP contribution in [0.2, 0.25) is 0 Å². The topological polar surface area (TPSA) is 118 Å². The van der Waals surface area contributed by atoms with Gasteiger partial charge in [0.1, 0.15) is 0 Å². The third-order valence-corrected chi connectivity index (χ3v) is 3.24. The molecule has 0 aliphatic heterocycles. The van der Waals surface area contributed by atoms with Crippen LogP contribution in [0, 0.1) is 0 Å². The smallest absolute Gasteiger partial charge is 0.262 e. The second-order valence-corrected chi connectivity index (χ2v) is 6.26. The van der Waals surface area contributed by atoms with Crippen molar-refractivity contribution in [1.29, 1.82) is 0 Å². The van der Waals surface area contributed by atoms with E-state index in [2.05, 4.69) is 0 Å². The predicted octanol–water partition coefficient (Wildman–Crippen LogP) is -1.05. The summed E-state index contributed by atoms with van der Waals surface area (Å²) < 4.78 is 11.0. The van der Waals surface area contributed by atoms with Gasteiger partial charge in [0.15, 0.2) is 0 Å². The van der Waals surface area contributed by atoms with Gasteiger partial charge < -0.3 is 10.00 Å². The fourth-order valence-electron chi connectivity index (χ4n) is 1.06. The molecule has 0 radical (unpaired) electrons. The third-order valence-electron chi connectivity index (χ3n) is 2.18. The number of likely N-dealkylation sites (N-methyl/N-ethyl adjacent to an activating group) is 1. The van der Waals surface area contributed by atoms with Crippen LogP contribution >= 0.6 is 7.37 Å². The molecule has 1 atom stereocenters. The molecule has 8 nitrogen and oxygen atoms in total. The molecular formula is C9H19N2O6P. The number of amides is 1. The second-order valence-electron chi connectivity index (χ2n) is 4.00. The Kier molecular flexibility index (Phi) is 7.27. The molecule has 3 N–H and O–H groups in total. The van der Waals surface area contributed by atoms with E-state index in [1.165, 1.54) is 11.9 Å². The number of nitrogens with zero attached hydrogens (tertiary/aromatic N) is 2. The van der Waals surface area contributed by atoms with Crippen LogP contribution in [0.3, 0.4) is 0 Å². The lowest BCUT2D eigenvalue weighted by molar-refractivity contribution is -0.166. The van der Waals surface area contributed by atoms with Crippen molar-refractivity contribution in [3.8, 4) is 0 Å². The molecule has 0 spiro atoms. The Labute approximate surface area is 105 Å². The number of hydroxylamine groups is 2. The lowest BCUT2D eigenvalue weighted by Gasteiger charge is -2.20. The van der Waals surface area contributed by atoms with Crippen molar-refractivity contribution >= 4 is 18.8 Å². The Morgan fingerprint density at radius 3 is 2.28 bits per heavy atom. The Morgan fingerprint density at radius 2 is 1.83 bits per heavy atom. The van der Waals surface area contributed by atoms with Gasteiger partial charge >= 0.3 is 0 Å². The summed E-state index contributed by atoms with van der Waals surface area (Å²) in [5, 5.41) is 18.2. The van der Waals surface area contributed by atoms with Gasteiger partial charge in [-0.2, -0.15) is 0 Å². The number of aliphatic hydroxyl groups excluding tert-OH is 1. The Balaban J connectivity index is 4.04. The number of hydrogen-bond acceptors (Lipinski definition) is 6. The molecule has 0 bridgehead atoms. The van der Waals surface area contributed by atoms with Crippen LogP contribution in [0.4, 0.5) is 0 Å². The standard InChI is InChI=1S/C9H19N2O6P/c1-10(7-9(14)18(2,16)17)4-5-11(15)8(13)3-6-12/h12,15H,3-7H2,1-2H3,(H,16,17). The summed E-state index contributed by atoms with van der Waals surface area (Å²) in [4.78, 5) is 32.7. The molecule has 0 aromatic heterocycles. The largest absolute Gasteiger partial charge is 0.396 e. The zero-order chi connectivity index (χ0) is 14.3. The molecule has 106 valence electrons. The SMILES string of the molecule is CN(CCN(O)C(=O)CCO)CC(=O)P(C)(=O)O. The highest BCUT2D eigenvalue weighted by atomic mass is 31.2. The molecule has 0 aliphatic rings. The highest BCUT2D eigenvalue weighted by molar-refractivity contribution is 7.74. The van der Waals surface area contributed by atoms with Gasteiger partial charge in [0.05, 0.1) is 26.1 Å². The van der Waals surface area contributed by atoms with Crippen LogP contribution in [0.5, 0.6) is 0 Å². The Morgan fingerprint density at radius 1 is 1.28 bits per heavy atom. The predicted molar refractivity (Wildman–Crippen MR) is 63.5 cm³/mol. The van der Waals surface area contributed by atoms with Gasteiger partial charge in [-0.25, -0.2) is 5.06 Å². The van der Waals surface area contributed by atoms with Crippen molar-refractivity contribution in [2.45, 2.75) is 6.42 Å². The van der Waals surface area contributed by atoms with Crippen LogP contribution in [0.25, 0.3) is 0 Å². The molecule has 1 amide bonds. The summed E-state index contributed by atoms with van der Waals surface area (Å²) >= 11 is 0. The van der Waals surface area contributed by atoms with Crippen LogP contribution in [0.1, 0.15) is 6.42 Å². The molecule has 0 aliphatic carbocycles. The third kappa shape index (κ3) is 6.83. The van der Waals surface area contributed by atoms with Crippen molar-refractivity contribution in [1.82, 2.24) is 9.96 Å². The minimum atomic E-state index is -3.74. The van der Waals surface area contributed by atoms with E-state index in [0.29, 0.717) is 5.06 Å². The number of aliphatic hydroxyl groups is 1.